The standard InChI is InChI=1S/C8H7F8IO2/c9-5(10,2-7(13,14)4(18)19)1-6(11,12)3-8(15,16)17/h1-3H2,(H,18,19). The normalized spacial score (nSPS) is 14.6. The summed E-state index contributed by atoms with van der Waals surface area (Å²) in [7, 11) is 0. The second-order valence-electron chi connectivity index (χ2n) is 3.87. The van der Waals surface area contributed by atoms with Crippen molar-refractivity contribution in [2.24, 2.45) is 0 Å². The van der Waals surface area contributed by atoms with Crippen LogP contribution in [0.25, 0.3) is 0 Å². The molecular formula is C8H7F8IO2. The minimum Gasteiger partial charge on any atom is -0.477 e. The van der Waals surface area contributed by atoms with E-state index >= 15 is 0 Å². The molecule has 0 bridgehead atoms. The molecule has 0 aromatic carbocycles. The average molecular weight is 414 g/mol. The van der Waals surface area contributed by atoms with E-state index in [1.54, 1.807) is 0 Å². The molecule has 0 aliphatic carbocycles. The number of carbonyl (C=O) groups is 1. The van der Waals surface area contributed by atoms with Crippen LogP contribution in [0, 0.1) is 0 Å². The van der Waals surface area contributed by atoms with Crippen LogP contribution < -0.4 is 0 Å². The Morgan fingerprint density at radius 3 is 1.53 bits per heavy atom. The Labute approximate surface area is 115 Å². The van der Waals surface area contributed by atoms with Crippen LogP contribution in [0.1, 0.15) is 19.3 Å². The third-order valence-corrected chi connectivity index (χ3v) is 2.15. The molecule has 0 aliphatic rings. The molecule has 0 aromatic rings. The third-order valence-electron chi connectivity index (χ3n) is 1.77. The highest BCUT2D eigenvalue weighted by Gasteiger charge is 2.54. The van der Waals surface area contributed by atoms with E-state index in [1.165, 1.54) is 0 Å². The van der Waals surface area contributed by atoms with Gasteiger partial charge in [-0.15, -0.1) is 0 Å². The van der Waals surface area contributed by atoms with Crippen molar-refractivity contribution >= 4 is 28.6 Å². The fraction of sp³-hybridized carbons (Fsp3) is 0.875. The smallest absolute Gasteiger partial charge is 0.374 e. The van der Waals surface area contributed by atoms with Crippen molar-refractivity contribution in [1.29, 1.82) is 0 Å². The lowest BCUT2D eigenvalue weighted by Crippen LogP contribution is -2.40. The van der Waals surface area contributed by atoms with Crippen LogP contribution in [0.5, 0.6) is 0 Å². The molecule has 0 amide bonds. The number of alkyl halides is 9. The molecule has 0 aliphatic heterocycles. The summed E-state index contributed by atoms with van der Waals surface area (Å²) in [5.41, 5.74) is 0. The molecule has 2 nitrogen and oxygen atoms in total. The van der Waals surface area contributed by atoms with E-state index in [-0.39, 0.29) is 0 Å². The van der Waals surface area contributed by atoms with Crippen molar-refractivity contribution in [2.45, 2.75) is 41.0 Å². The van der Waals surface area contributed by atoms with Gasteiger partial charge in [0.15, 0.2) is 0 Å². The number of carboxylic acid groups (broad SMARTS) is 1. The van der Waals surface area contributed by atoms with Gasteiger partial charge in [-0.1, -0.05) is 0 Å². The third kappa shape index (κ3) is 7.72. The highest BCUT2D eigenvalue weighted by molar-refractivity contribution is 14.1. The Balaban J connectivity index is 4.82. The maximum atomic E-state index is 12.9. The van der Waals surface area contributed by atoms with Gasteiger partial charge in [0.2, 0.25) is 0 Å². The first-order chi connectivity index (χ1) is 8.06. The Kier molecular flexibility index (Phi) is 5.45. The average Bonchev–Trinajstić information content (AvgIpc) is 1.91. The lowest BCUT2D eigenvalue weighted by atomic mass is 10.0. The van der Waals surface area contributed by atoms with Gasteiger partial charge in [-0.05, 0) is 22.6 Å². The fourth-order valence-electron chi connectivity index (χ4n) is 1.20. The van der Waals surface area contributed by atoms with Crippen LogP contribution in [-0.2, 0) is 4.79 Å². The molecule has 0 radical (unpaired) electrons. The van der Waals surface area contributed by atoms with Crippen LogP contribution >= 0.6 is 22.6 Å². The Morgan fingerprint density at radius 1 is 0.842 bits per heavy atom. The van der Waals surface area contributed by atoms with Gasteiger partial charge in [-0.2, -0.15) is 17.6 Å². The molecule has 0 rings (SSSR count). The SMILES string of the molecule is O=C(O)C(F)(F)CC(F)(F)CC(F)(F)CC(F)(F)I. The predicted molar refractivity (Wildman–Crippen MR) is 55.3 cm³/mol. The van der Waals surface area contributed by atoms with Gasteiger partial charge in [0, 0.05) is 0 Å². The van der Waals surface area contributed by atoms with Gasteiger partial charge in [-0.3, -0.25) is 0 Å². The van der Waals surface area contributed by atoms with Crippen LogP contribution in [-0.4, -0.2) is 32.8 Å². The van der Waals surface area contributed by atoms with Crippen LogP contribution in [0.4, 0.5) is 35.1 Å². The number of halogens is 9. The van der Waals surface area contributed by atoms with Gasteiger partial charge in [-0.25, -0.2) is 22.4 Å². The highest BCUT2D eigenvalue weighted by Crippen LogP contribution is 2.44. The second-order valence-corrected chi connectivity index (χ2v) is 5.45. The summed E-state index contributed by atoms with van der Waals surface area (Å²) >= 11 is 0.292. The molecule has 1 N–H and O–H groups in total. The number of aliphatic carboxylic acids is 1. The molecule has 0 unspecified atom stereocenters. The molecule has 114 valence electrons. The molecule has 19 heavy (non-hydrogen) atoms. The minimum atomic E-state index is -4.92. The highest BCUT2D eigenvalue weighted by atomic mass is 127. The molecular weight excluding hydrogens is 407 g/mol. The van der Waals surface area contributed by atoms with E-state index in [4.69, 9.17) is 5.11 Å². The summed E-state index contributed by atoms with van der Waals surface area (Å²) in [5, 5.41) is 7.90. The van der Waals surface area contributed by atoms with E-state index in [9.17, 15) is 39.9 Å². The van der Waals surface area contributed by atoms with Gasteiger partial charge >= 0.3 is 15.8 Å². The minimum absolute atomic E-state index is 0.292. The van der Waals surface area contributed by atoms with Crippen LogP contribution in [0.15, 0.2) is 0 Å². The first-order valence-electron chi connectivity index (χ1n) is 4.50. The Bertz CT molecular complexity index is 338. The quantitative estimate of drug-likeness (QED) is 0.386. The van der Waals surface area contributed by atoms with Crippen molar-refractivity contribution in [3.05, 3.63) is 0 Å². The molecule has 0 atom stereocenters. The zero-order valence-electron chi connectivity index (χ0n) is 8.88. The molecule has 0 saturated heterocycles. The van der Waals surface area contributed by atoms with E-state index in [2.05, 4.69) is 0 Å². The molecule has 0 spiro atoms. The van der Waals surface area contributed by atoms with E-state index in [0.717, 1.165) is 0 Å². The summed E-state index contributed by atoms with van der Waals surface area (Å²) in [6, 6.07) is 0. The number of hydrogen-bond donors (Lipinski definition) is 1. The van der Waals surface area contributed by atoms with Crippen molar-refractivity contribution in [3.8, 4) is 0 Å². The fourth-order valence-corrected chi connectivity index (χ4v) is 1.76. The largest absolute Gasteiger partial charge is 0.477 e. The van der Waals surface area contributed by atoms with Gasteiger partial charge < -0.3 is 5.11 Å². The molecule has 0 aromatic heterocycles. The summed E-state index contributed by atoms with van der Waals surface area (Å²) < 4.78 is 97.0. The zero-order valence-corrected chi connectivity index (χ0v) is 11.0. The summed E-state index contributed by atoms with van der Waals surface area (Å²) in [5.74, 6) is -17.2. The summed E-state index contributed by atoms with van der Waals surface area (Å²) in [6.07, 6.45) is -7.52. The van der Waals surface area contributed by atoms with Crippen molar-refractivity contribution < 1.29 is 45.0 Å². The van der Waals surface area contributed by atoms with Crippen LogP contribution in [0.2, 0.25) is 0 Å². The number of carboxylic acids is 1. The first kappa shape index (κ1) is 18.6. The maximum absolute atomic E-state index is 12.9. The van der Waals surface area contributed by atoms with Gasteiger partial charge in [0.1, 0.15) is 0 Å². The molecule has 0 fully saturated rings. The topological polar surface area (TPSA) is 37.3 Å². The maximum Gasteiger partial charge on any atom is 0.374 e. The lowest BCUT2D eigenvalue weighted by Gasteiger charge is -2.26. The van der Waals surface area contributed by atoms with Crippen molar-refractivity contribution in [1.82, 2.24) is 0 Å². The Morgan fingerprint density at radius 2 is 1.21 bits per heavy atom. The predicted octanol–water partition coefficient (Wildman–Crippen LogP) is 4.18. The second kappa shape index (κ2) is 5.56. The molecule has 0 saturated carbocycles. The van der Waals surface area contributed by atoms with Crippen LogP contribution in [0.3, 0.4) is 0 Å². The lowest BCUT2D eigenvalue weighted by molar-refractivity contribution is -0.190. The number of hydrogen-bond acceptors (Lipinski definition) is 1. The van der Waals surface area contributed by atoms with E-state index in [0.29, 0.717) is 22.6 Å². The zero-order chi connectivity index (χ0) is 15.7. The summed E-state index contributed by atoms with van der Waals surface area (Å²) in [6.45, 7) is 0. The Hall–Kier alpha value is -0.360. The van der Waals surface area contributed by atoms with Gasteiger partial charge in [0.25, 0.3) is 11.8 Å². The first-order valence-corrected chi connectivity index (χ1v) is 5.58. The van der Waals surface area contributed by atoms with Crippen molar-refractivity contribution in [3.63, 3.8) is 0 Å². The van der Waals surface area contributed by atoms with E-state index in [1.807, 2.05) is 0 Å². The van der Waals surface area contributed by atoms with E-state index < -0.39 is 46.9 Å². The molecule has 0 heterocycles. The summed E-state index contributed by atoms with van der Waals surface area (Å²) in [4.78, 5) is 9.90. The molecule has 11 heteroatoms. The van der Waals surface area contributed by atoms with Gasteiger partial charge in [0.05, 0.1) is 19.3 Å². The monoisotopic (exact) mass is 414 g/mol. The number of rotatable bonds is 7. The van der Waals surface area contributed by atoms with Crippen molar-refractivity contribution in [2.75, 3.05) is 0 Å².